The highest BCUT2D eigenvalue weighted by Gasteiger charge is 2.17. The Balaban J connectivity index is 1.81. The van der Waals surface area contributed by atoms with Crippen molar-refractivity contribution in [2.75, 3.05) is 5.43 Å². The lowest BCUT2D eigenvalue weighted by Gasteiger charge is -2.16. The first kappa shape index (κ1) is 26.0. The average Bonchev–Trinajstić information content (AvgIpc) is 3.05. The Labute approximate surface area is 251 Å². The van der Waals surface area contributed by atoms with Gasteiger partial charge in [0.25, 0.3) is 0 Å². The standard InChI is InChI=1S/C28H16BrCl3N6S/c29-16-5-10-19(11-6-16)37-26-25(36-35-24-15-18(31)9-14-21(24)32)27(34-23-4-2-1-3-22(23)33-26)38(28(37)39)20-12-7-17(30)8-13-20/h1-15,35H. The molecule has 6 rings (SSSR count). The van der Waals surface area contributed by atoms with Gasteiger partial charge >= 0.3 is 0 Å². The summed E-state index contributed by atoms with van der Waals surface area (Å²) in [6, 6.07) is 27.9. The molecule has 0 amide bonds. The van der Waals surface area contributed by atoms with Crippen molar-refractivity contribution in [1.82, 2.24) is 19.1 Å². The van der Waals surface area contributed by atoms with Gasteiger partial charge in [0.05, 0.1) is 33.1 Å². The molecule has 39 heavy (non-hydrogen) atoms. The maximum Gasteiger partial charge on any atom is 0.192 e. The lowest BCUT2D eigenvalue weighted by atomic mass is 10.3. The van der Waals surface area contributed by atoms with E-state index in [9.17, 15) is 0 Å². The minimum absolute atomic E-state index is 0.449. The first-order chi connectivity index (χ1) is 18.9. The van der Waals surface area contributed by atoms with Crippen molar-refractivity contribution in [3.05, 3.63) is 121 Å². The Bertz CT molecular complexity index is 1890. The fourth-order valence-corrected chi connectivity index (χ4v) is 5.23. The second kappa shape index (κ2) is 10.7. The molecule has 2 aromatic heterocycles. The summed E-state index contributed by atoms with van der Waals surface area (Å²) in [5.41, 5.74) is 7.51. The number of anilines is 1. The minimum Gasteiger partial charge on any atom is -0.276 e. The Morgan fingerprint density at radius 1 is 0.718 bits per heavy atom. The molecule has 2 heterocycles. The summed E-state index contributed by atoms with van der Waals surface area (Å²) >= 11 is 28.5. The van der Waals surface area contributed by atoms with Gasteiger partial charge in [-0.25, -0.2) is 9.97 Å². The maximum absolute atomic E-state index is 6.43. The molecule has 1 N–H and O–H groups in total. The highest BCUT2D eigenvalue weighted by Crippen LogP contribution is 2.26. The van der Waals surface area contributed by atoms with Crippen molar-refractivity contribution in [2.24, 2.45) is 5.10 Å². The zero-order chi connectivity index (χ0) is 27.1. The summed E-state index contributed by atoms with van der Waals surface area (Å²) in [6.45, 7) is 0. The fraction of sp³-hybridized carbons (Fsp3) is 0. The van der Waals surface area contributed by atoms with Gasteiger partial charge in [-0.3, -0.25) is 14.6 Å². The van der Waals surface area contributed by atoms with Crippen LogP contribution in [0, 0.1) is 4.77 Å². The number of halogens is 4. The van der Waals surface area contributed by atoms with Crippen molar-refractivity contribution in [1.29, 1.82) is 0 Å². The van der Waals surface area contributed by atoms with Crippen LogP contribution in [0.15, 0.2) is 101 Å². The third-order valence-electron chi connectivity index (χ3n) is 5.95. The zero-order valence-corrected chi connectivity index (χ0v) is 24.5. The van der Waals surface area contributed by atoms with Crippen LogP contribution in [0.2, 0.25) is 15.1 Å². The maximum atomic E-state index is 6.43. The van der Waals surface area contributed by atoms with Crippen molar-refractivity contribution in [3.63, 3.8) is 0 Å². The summed E-state index contributed by atoms with van der Waals surface area (Å²) < 4.78 is 5.11. The number of hydrogen-bond donors (Lipinski definition) is 1. The van der Waals surface area contributed by atoms with Gasteiger partial charge in [-0.1, -0.05) is 62.9 Å². The number of benzene rings is 4. The number of nitrogens with zero attached hydrogens (tertiary/aromatic N) is 5. The predicted molar refractivity (Wildman–Crippen MR) is 165 cm³/mol. The van der Waals surface area contributed by atoms with Gasteiger partial charge in [0.2, 0.25) is 0 Å². The number of rotatable bonds is 4. The van der Waals surface area contributed by atoms with E-state index in [-0.39, 0.29) is 0 Å². The number of hydrogen-bond acceptors (Lipinski definition) is 5. The molecule has 0 radical (unpaired) electrons. The fourth-order valence-electron chi connectivity index (χ4n) is 4.13. The molecule has 0 aliphatic carbocycles. The van der Waals surface area contributed by atoms with Crippen molar-refractivity contribution in [3.8, 4) is 11.4 Å². The van der Waals surface area contributed by atoms with E-state index in [1.807, 2.05) is 69.8 Å². The molecule has 0 aliphatic rings. The molecular weight excluding hydrogens is 639 g/mol. The van der Waals surface area contributed by atoms with Crippen LogP contribution < -0.4 is 10.8 Å². The van der Waals surface area contributed by atoms with E-state index in [0.29, 0.717) is 53.2 Å². The van der Waals surface area contributed by atoms with Gasteiger partial charge in [-0.05, 0) is 91.1 Å². The Hall–Kier alpha value is -3.27. The second-order valence-corrected chi connectivity index (χ2v) is 11.0. The average molecular weight is 655 g/mol. The third kappa shape index (κ3) is 5.06. The molecule has 4 aromatic carbocycles. The largest absolute Gasteiger partial charge is 0.276 e. The molecule has 0 unspecified atom stereocenters. The van der Waals surface area contributed by atoms with Crippen LogP contribution in [-0.4, -0.2) is 19.1 Å². The molecule has 0 atom stereocenters. The van der Waals surface area contributed by atoms with E-state index in [4.69, 9.17) is 62.1 Å². The molecule has 6 aromatic rings. The lowest BCUT2D eigenvalue weighted by molar-refractivity contribution is 0.886. The van der Waals surface area contributed by atoms with E-state index < -0.39 is 0 Å². The Morgan fingerprint density at radius 2 is 1.26 bits per heavy atom. The van der Waals surface area contributed by atoms with Crippen LogP contribution in [0.1, 0.15) is 0 Å². The minimum atomic E-state index is 0.449. The van der Waals surface area contributed by atoms with Crippen LogP contribution in [0.3, 0.4) is 0 Å². The number of nitrogens with one attached hydrogen (secondary N) is 1. The van der Waals surface area contributed by atoms with E-state index in [0.717, 1.165) is 15.8 Å². The van der Waals surface area contributed by atoms with Crippen LogP contribution in [-0.2, 0) is 0 Å². The van der Waals surface area contributed by atoms with Crippen LogP contribution in [0.5, 0.6) is 0 Å². The zero-order valence-electron chi connectivity index (χ0n) is 19.8. The summed E-state index contributed by atoms with van der Waals surface area (Å²) in [7, 11) is 0. The van der Waals surface area contributed by atoms with E-state index in [1.165, 1.54) is 0 Å². The van der Waals surface area contributed by atoms with Gasteiger partial charge < -0.3 is 0 Å². The monoisotopic (exact) mass is 652 g/mol. The molecule has 6 nitrogen and oxygen atoms in total. The normalized spacial score (nSPS) is 11.8. The quantitative estimate of drug-likeness (QED) is 0.153. The smallest absolute Gasteiger partial charge is 0.192 e. The first-order valence-electron chi connectivity index (χ1n) is 11.6. The SMILES string of the molecule is S=c1n(-c2ccc(Cl)cc2)c2nc3ccccc3nc(c2=NNc2cc(Cl)ccc2Cl)n1-c1ccc(Br)cc1. The Kier molecular flexibility index (Phi) is 7.14. The topological polar surface area (TPSA) is 60.0 Å². The molecule has 11 heteroatoms. The molecule has 2 bridgehead atoms. The summed E-state index contributed by atoms with van der Waals surface area (Å²) in [6.07, 6.45) is 0. The molecular formula is C28H16BrCl3N6S. The van der Waals surface area contributed by atoms with Crippen molar-refractivity contribution < 1.29 is 0 Å². The van der Waals surface area contributed by atoms with Gasteiger partial charge in [0.15, 0.2) is 21.4 Å². The lowest BCUT2D eigenvalue weighted by Crippen LogP contribution is -2.23. The molecule has 0 aliphatic heterocycles. The Morgan fingerprint density at radius 3 is 1.85 bits per heavy atom. The number of para-hydroxylation sites is 2. The van der Waals surface area contributed by atoms with E-state index >= 15 is 0 Å². The molecule has 0 saturated heterocycles. The van der Waals surface area contributed by atoms with Crippen molar-refractivity contribution in [2.45, 2.75) is 0 Å². The van der Waals surface area contributed by atoms with Crippen LogP contribution in [0.25, 0.3) is 33.7 Å². The van der Waals surface area contributed by atoms with Crippen LogP contribution >= 0.6 is 63.0 Å². The second-order valence-electron chi connectivity index (χ2n) is 8.46. The molecule has 192 valence electrons. The highest BCUT2D eigenvalue weighted by atomic mass is 79.9. The van der Waals surface area contributed by atoms with Crippen molar-refractivity contribution >= 4 is 91.0 Å². The number of fused-ring (bicyclic) bond motifs is 3. The predicted octanol–water partition coefficient (Wildman–Crippen LogP) is 8.74. The van der Waals surface area contributed by atoms with Crippen LogP contribution in [0.4, 0.5) is 5.69 Å². The van der Waals surface area contributed by atoms with E-state index in [2.05, 4.69) is 21.4 Å². The summed E-state index contributed by atoms with van der Waals surface area (Å²) in [4.78, 5) is 10.0. The first-order valence-corrected chi connectivity index (χ1v) is 13.9. The van der Waals surface area contributed by atoms with Gasteiger partial charge in [-0.15, -0.1) is 0 Å². The molecule has 0 fully saturated rings. The molecule has 0 spiro atoms. The van der Waals surface area contributed by atoms with E-state index in [1.54, 1.807) is 30.3 Å². The molecule has 0 saturated carbocycles. The van der Waals surface area contributed by atoms with Gasteiger partial charge in [-0.2, -0.15) is 5.10 Å². The highest BCUT2D eigenvalue weighted by molar-refractivity contribution is 9.10. The third-order valence-corrected chi connectivity index (χ3v) is 7.66. The van der Waals surface area contributed by atoms with Gasteiger partial charge in [0, 0.05) is 14.5 Å². The van der Waals surface area contributed by atoms with Gasteiger partial charge in [0.1, 0.15) is 0 Å². The summed E-state index contributed by atoms with van der Waals surface area (Å²) in [5, 5.41) is 6.83. The number of aromatic nitrogens is 4. The summed E-state index contributed by atoms with van der Waals surface area (Å²) in [5.74, 6) is 0.